The number of halogens is 1. The Morgan fingerprint density at radius 3 is 2.74 bits per heavy atom. The van der Waals surface area contributed by atoms with E-state index in [1.165, 1.54) is 11.1 Å². The summed E-state index contributed by atoms with van der Waals surface area (Å²) in [7, 11) is 0. The predicted octanol–water partition coefficient (Wildman–Crippen LogP) is 3.52. The molecule has 2 unspecified atom stereocenters. The molecular formula is C16H22ClNO. The van der Waals surface area contributed by atoms with E-state index in [2.05, 4.69) is 38.2 Å². The highest BCUT2D eigenvalue weighted by atomic mass is 35.5. The summed E-state index contributed by atoms with van der Waals surface area (Å²) >= 11 is 6.35. The van der Waals surface area contributed by atoms with Crippen LogP contribution in [-0.4, -0.2) is 19.2 Å². The van der Waals surface area contributed by atoms with Gasteiger partial charge in [0.25, 0.3) is 0 Å². The molecule has 0 aromatic heterocycles. The third-order valence-corrected chi connectivity index (χ3v) is 4.47. The summed E-state index contributed by atoms with van der Waals surface area (Å²) in [5, 5.41) is 4.39. The number of hydrogen-bond donors (Lipinski definition) is 1. The maximum Gasteiger partial charge on any atom is 0.107 e. The summed E-state index contributed by atoms with van der Waals surface area (Å²) in [6.45, 7) is 8.49. The standard InChI is InChI=1S/C16H22ClNO/c1-15(2,3)7-11-6-12(4-5-14(11)17)16-8-13(9-19-16)18-10-16/h4-6,13,18H,7-10H2,1-3H3. The molecule has 2 aliphatic heterocycles. The van der Waals surface area contributed by atoms with Gasteiger partial charge in [-0.25, -0.2) is 0 Å². The summed E-state index contributed by atoms with van der Waals surface area (Å²) < 4.78 is 6.04. The fourth-order valence-electron chi connectivity index (χ4n) is 3.21. The predicted molar refractivity (Wildman–Crippen MR) is 78.6 cm³/mol. The van der Waals surface area contributed by atoms with Crippen LogP contribution in [0.25, 0.3) is 0 Å². The zero-order chi connectivity index (χ0) is 13.7. The van der Waals surface area contributed by atoms with Crippen LogP contribution in [0.3, 0.4) is 0 Å². The van der Waals surface area contributed by atoms with E-state index in [1.54, 1.807) is 0 Å². The Hall–Kier alpha value is -0.570. The second-order valence-corrected chi connectivity index (χ2v) is 7.54. The summed E-state index contributed by atoms with van der Waals surface area (Å²) in [6, 6.07) is 6.94. The Bertz CT molecular complexity index is 484. The van der Waals surface area contributed by atoms with Gasteiger partial charge in [-0.1, -0.05) is 44.5 Å². The maximum atomic E-state index is 6.35. The molecule has 1 aromatic carbocycles. The fraction of sp³-hybridized carbons (Fsp3) is 0.625. The first-order valence-corrected chi connectivity index (χ1v) is 7.42. The van der Waals surface area contributed by atoms with Gasteiger partial charge in [-0.2, -0.15) is 0 Å². The van der Waals surface area contributed by atoms with E-state index in [-0.39, 0.29) is 11.0 Å². The Morgan fingerprint density at radius 2 is 2.21 bits per heavy atom. The molecule has 3 heteroatoms. The van der Waals surface area contributed by atoms with Gasteiger partial charge in [0.05, 0.1) is 6.61 Å². The van der Waals surface area contributed by atoms with Crippen molar-refractivity contribution in [2.24, 2.45) is 5.41 Å². The maximum absolute atomic E-state index is 6.35. The minimum Gasteiger partial charge on any atom is -0.367 e. The highest BCUT2D eigenvalue weighted by molar-refractivity contribution is 6.31. The third kappa shape index (κ3) is 2.54. The molecule has 2 aliphatic rings. The van der Waals surface area contributed by atoms with Crippen molar-refractivity contribution in [3.8, 4) is 0 Å². The molecule has 3 rings (SSSR count). The molecule has 1 aromatic rings. The zero-order valence-electron chi connectivity index (χ0n) is 11.9. The third-order valence-electron chi connectivity index (χ3n) is 4.11. The van der Waals surface area contributed by atoms with Crippen molar-refractivity contribution in [1.82, 2.24) is 5.32 Å². The van der Waals surface area contributed by atoms with Gasteiger partial charge in [0.15, 0.2) is 0 Å². The van der Waals surface area contributed by atoms with Crippen LogP contribution < -0.4 is 5.32 Å². The number of nitrogens with one attached hydrogen (secondary N) is 1. The fourth-order valence-corrected chi connectivity index (χ4v) is 3.39. The molecule has 2 heterocycles. The Labute approximate surface area is 120 Å². The van der Waals surface area contributed by atoms with Gasteiger partial charge >= 0.3 is 0 Å². The van der Waals surface area contributed by atoms with Gasteiger partial charge in [-0.05, 0) is 35.4 Å². The van der Waals surface area contributed by atoms with Gasteiger partial charge in [0, 0.05) is 17.6 Å². The summed E-state index contributed by atoms with van der Waals surface area (Å²) in [5.41, 5.74) is 2.65. The van der Waals surface area contributed by atoms with Crippen LogP contribution in [0.2, 0.25) is 5.02 Å². The first-order valence-electron chi connectivity index (χ1n) is 7.04. The molecule has 104 valence electrons. The van der Waals surface area contributed by atoms with E-state index in [9.17, 15) is 0 Å². The molecule has 1 N–H and O–H groups in total. The van der Waals surface area contributed by atoms with Crippen molar-refractivity contribution >= 4 is 11.6 Å². The largest absolute Gasteiger partial charge is 0.367 e. The molecule has 0 spiro atoms. The highest BCUT2D eigenvalue weighted by Gasteiger charge is 2.47. The van der Waals surface area contributed by atoms with E-state index in [0.29, 0.717) is 6.04 Å². The van der Waals surface area contributed by atoms with Gasteiger partial charge in [-0.3, -0.25) is 0 Å². The topological polar surface area (TPSA) is 21.3 Å². The van der Waals surface area contributed by atoms with Gasteiger partial charge in [-0.15, -0.1) is 0 Å². The monoisotopic (exact) mass is 279 g/mol. The number of morpholine rings is 1. The average Bonchev–Trinajstić information content (AvgIpc) is 2.91. The van der Waals surface area contributed by atoms with E-state index >= 15 is 0 Å². The van der Waals surface area contributed by atoms with Crippen molar-refractivity contribution in [2.45, 2.75) is 45.3 Å². The van der Waals surface area contributed by atoms with Crippen LogP contribution in [0, 0.1) is 5.41 Å². The van der Waals surface area contributed by atoms with Crippen LogP contribution in [0.4, 0.5) is 0 Å². The minimum atomic E-state index is -0.109. The highest BCUT2D eigenvalue weighted by Crippen LogP contribution is 2.41. The lowest BCUT2D eigenvalue weighted by molar-refractivity contribution is -0.00965. The molecule has 2 fully saturated rings. The summed E-state index contributed by atoms with van der Waals surface area (Å²) in [6.07, 6.45) is 2.08. The Kier molecular flexibility index (Phi) is 3.16. The van der Waals surface area contributed by atoms with Gasteiger partial charge in [0.2, 0.25) is 0 Å². The van der Waals surface area contributed by atoms with E-state index < -0.39 is 0 Å². The molecule has 19 heavy (non-hydrogen) atoms. The lowest BCUT2D eigenvalue weighted by Gasteiger charge is -2.28. The summed E-state index contributed by atoms with van der Waals surface area (Å²) in [4.78, 5) is 0. The molecule has 2 saturated heterocycles. The average molecular weight is 280 g/mol. The molecule has 2 atom stereocenters. The molecular weight excluding hydrogens is 258 g/mol. The van der Waals surface area contributed by atoms with Gasteiger partial charge in [0.1, 0.15) is 5.60 Å². The van der Waals surface area contributed by atoms with Crippen LogP contribution >= 0.6 is 11.6 Å². The van der Waals surface area contributed by atoms with Crippen molar-refractivity contribution in [1.29, 1.82) is 0 Å². The molecule has 0 radical (unpaired) electrons. The first-order chi connectivity index (χ1) is 8.88. The van der Waals surface area contributed by atoms with E-state index in [4.69, 9.17) is 16.3 Å². The van der Waals surface area contributed by atoms with Crippen LogP contribution in [0.1, 0.15) is 38.3 Å². The Morgan fingerprint density at radius 1 is 1.42 bits per heavy atom. The van der Waals surface area contributed by atoms with Crippen molar-refractivity contribution in [3.63, 3.8) is 0 Å². The van der Waals surface area contributed by atoms with Crippen molar-refractivity contribution < 1.29 is 4.74 Å². The Balaban J connectivity index is 1.93. The quantitative estimate of drug-likeness (QED) is 0.894. The number of ether oxygens (including phenoxy) is 1. The van der Waals surface area contributed by atoms with Gasteiger partial charge < -0.3 is 10.1 Å². The zero-order valence-corrected chi connectivity index (χ0v) is 12.7. The van der Waals surface area contributed by atoms with Crippen LogP contribution in [-0.2, 0) is 16.8 Å². The molecule has 0 amide bonds. The second kappa shape index (κ2) is 4.47. The molecule has 2 bridgehead atoms. The smallest absolute Gasteiger partial charge is 0.107 e. The van der Waals surface area contributed by atoms with Crippen LogP contribution in [0.15, 0.2) is 18.2 Å². The molecule has 0 saturated carbocycles. The number of benzene rings is 1. The van der Waals surface area contributed by atoms with E-state index in [1.807, 2.05) is 6.07 Å². The second-order valence-electron chi connectivity index (χ2n) is 7.13. The van der Waals surface area contributed by atoms with Crippen LogP contribution in [0.5, 0.6) is 0 Å². The SMILES string of the molecule is CC(C)(C)Cc1cc(C23CNC(CO2)C3)ccc1Cl. The van der Waals surface area contributed by atoms with E-state index in [0.717, 1.165) is 31.0 Å². The van der Waals surface area contributed by atoms with Crippen molar-refractivity contribution in [3.05, 3.63) is 34.3 Å². The normalized spacial score (nSPS) is 30.0. The van der Waals surface area contributed by atoms with Crippen molar-refractivity contribution in [2.75, 3.05) is 13.2 Å². The number of fused-ring (bicyclic) bond motifs is 2. The lowest BCUT2D eigenvalue weighted by Crippen LogP contribution is -2.37. The molecule has 2 nitrogen and oxygen atoms in total. The summed E-state index contributed by atoms with van der Waals surface area (Å²) in [5.74, 6) is 0. The first kappa shape index (κ1) is 13.4. The number of rotatable bonds is 2. The minimum absolute atomic E-state index is 0.109. The molecule has 0 aliphatic carbocycles. The lowest BCUT2D eigenvalue weighted by atomic mass is 9.85. The number of hydrogen-bond acceptors (Lipinski definition) is 2.